The Morgan fingerprint density at radius 2 is 1.93 bits per heavy atom. The molecule has 0 radical (unpaired) electrons. The Kier molecular flexibility index (Phi) is 6.34. The smallest absolute Gasteiger partial charge is 0.214 e. The van der Waals surface area contributed by atoms with Gasteiger partial charge in [-0.25, -0.2) is 4.98 Å². The van der Waals surface area contributed by atoms with E-state index in [1.165, 1.54) is 5.39 Å². The molecule has 0 bridgehead atoms. The van der Waals surface area contributed by atoms with Crippen LogP contribution in [-0.4, -0.2) is 31.1 Å². The molecule has 0 amide bonds. The Morgan fingerprint density at radius 3 is 2.67 bits per heavy atom. The summed E-state index contributed by atoms with van der Waals surface area (Å²) < 4.78 is 12.5. The van der Waals surface area contributed by atoms with Gasteiger partial charge < -0.3 is 19.8 Å². The second-order valence-corrected chi connectivity index (χ2v) is 7.02. The Bertz CT molecular complexity index is 933. The number of oxazole rings is 1. The third-order valence-electron chi connectivity index (χ3n) is 4.14. The molecule has 0 aliphatic rings. The Balaban J connectivity index is 1.45. The second kappa shape index (κ2) is 8.90. The Morgan fingerprint density at radius 1 is 1.15 bits per heavy atom. The standard InChI is InChI=1S/C20H23BrN4O2/c1-13-14(2)27-19(25-13)12-24-20(22-3)23-8-9-26-18-7-5-15-10-17(21)6-4-16(15)11-18/h4-7,10-11H,8-9,12H2,1-3H3,(H2,22,23,24). The van der Waals surface area contributed by atoms with Gasteiger partial charge in [0.1, 0.15) is 18.1 Å². The summed E-state index contributed by atoms with van der Waals surface area (Å²) in [5.74, 6) is 3.01. The van der Waals surface area contributed by atoms with Gasteiger partial charge in [0, 0.05) is 11.5 Å². The van der Waals surface area contributed by atoms with Crippen LogP contribution in [-0.2, 0) is 6.54 Å². The number of benzene rings is 2. The lowest BCUT2D eigenvalue weighted by molar-refractivity contribution is 0.322. The highest BCUT2D eigenvalue weighted by Gasteiger charge is 2.06. The number of halogens is 1. The molecule has 3 aromatic rings. The normalized spacial score (nSPS) is 11.6. The average Bonchev–Trinajstić information content (AvgIpc) is 2.99. The van der Waals surface area contributed by atoms with Crippen molar-refractivity contribution in [3.63, 3.8) is 0 Å². The van der Waals surface area contributed by atoms with Crippen LogP contribution in [0.1, 0.15) is 17.3 Å². The topological polar surface area (TPSA) is 71.7 Å². The Labute approximate surface area is 167 Å². The highest BCUT2D eigenvalue weighted by Crippen LogP contribution is 2.24. The van der Waals surface area contributed by atoms with Crippen molar-refractivity contribution in [2.75, 3.05) is 20.2 Å². The summed E-state index contributed by atoms with van der Waals surface area (Å²) in [5.41, 5.74) is 0.908. The third-order valence-corrected chi connectivity index (χ3v) is 4.63. The van der Waals surface area contributed by atoms with Crippen molar-refractivity contribution in [2.24, 2.45) is 4.99 Å². The monoisotopic (exact) mass is 430 g/mol. The van der Waals surface area contributed by atoms with Crippen LogP contribution in [0.2, 0.25) is 0 Å². The van der Waals surface area contributed by atoms with E-state index >= 15 is 0 Å². The fraction of sp³-hybridized carbons (Fsp3) is 0.300. The van der Waals surface area contributed by atoms with Crippen LogP contribution in [0.5, 0.6) is 5.75 Å². The van der Waals surface area contributed by atoms with Gasteiger partial charge in [0.15, 0.2) is 5.96 Å². The molecular weight excluding hydrogens is 408 g/mol. The van der Waals surface area contributed by atoms with Gasteiger partial charge in [0.2, 0.25) is 5.89 Å². The number of fused-ring (bicyclic) bond motifs is 1. The first kappa shape index (κ1) is 19.2. The lowest BCUT2D eigenvalue weighted by Crippen LogP contribution is -2.38. The van der Waals surface area contributed by atoms with E-state index in [4.69, 9.17) is 9.15 Å². The highest BCUT2D eigenvalue weighted by molar-refractivity contribution is 9.10. The van der Waals surface area contributed by atoms with Crippen molar-refractivity contribution in [3.05, 3.63) is 58.2 Å². The van der Waals surface area contributed by atoms with E-state index in [2.05, 4.69) is 54.7 Å². The van der Waals surface area contributed by atoms with Crippen LogP contribution in [0.15, 0.2) is 50.3 Å². The molecule has 27 heavy (non-hydrogen) atoms. The summed E-state index contributed by atoms with van der Waals surface area (Å²) in [5, 5.41) is 8.72. The van der Waals surface area contributed by atoms with E-state index in [1.54, 1.807) is 7.05 Å². The molecule has 0 fully saturated rings. The number of ether oxygens (including phenoxy) is 1. The summed E-state index contributed by atoms with van der Waals surface area (Å²) >= 11 is 3.49. The molecule has 0 spiro atoms. The van der Waals surface area contributed by atoms with Gasteiger partial charge in [-0.1, -0.05) is 28.1 Å². The molecule has 3 rings (SSSR count). The van der Waals surface area contributed by atoms with Crippen molar-refractivity contribution in [2.45, 2.75) is 20.4 Å². The zero-order chi connectivity index (χ0) is 19.2. The van der Waals surface area contributed by atoms with E-state index in [-0.39, 0.29) is 0 Å². The summed E-state index contributed by atoms with van der Waals surface area (Å²) in [6.07, 6.45) is 0. The largest absolute Gasteiger partial charge is 0.492 e. The molecular formula is C20H23BrN4O2. The summed E-state index contributed by atoms with van der Waals surface area (Å²) in [4.78, 5) is 8.53. The minimum absolute atomic E-state index is 0.482. The van der Waals surface area contributed by atoms with Crippen LogP contribution in [0.3, 0.4) is 0 Å². The molecule has 2 N–H and O–H groups in total. The van der Waals surface area contributed by atoms with Gasteiger partial charge in [0.05, 0.1) is 18.8 Å². The van der Waals surface area contributed by atoms with Crippen LogP contribution >= 0.6 is 15.9 Å². The van der Waals surface area contributed by atoms with E-state index in [0.717, 1.165) is 27.1 Å². The maximum Gasteiger partial charge on any atom is 0.214 e. The minimum Gasteiger partial charge on any atom is -0.492 e. The summed E-state index contributed by atoms with van der Waals surface area (Å²) in [7, 11) is 1.73. The molecule has 1 heterocycles. The fourth-order valence-corrected chi connectivity index (χ4v) is 3.00. The molecule has 0 saturated carbocycles. The predicted octanol–water partition coefficient (Wildman–Crippen LogP) is 3.95. The number of rotatable bonds is 6. The summed E-state index contributed by atoms with van der Waals surface area (Å²) in [6, 6.07) is 12.3. The predicted molar refractivity (Wildman–Crippen MR) is 111 cm³/mol. The first-order chi connectivity index (χ1) is 13.0. The Hall–Kier alpha value is -2.54. The lowest BCUT2D eigenvalue weighted by Gasteiger charge is -2.12. The van der Waals surface area contributed by atoms with Gasteiger partial charge in [-0.05, 0) is 48.9 Å². The van der Waals surface area contributed by atoms with E-state index < -0.39 is 0 Å². The van der Waals surface area contributed by atoms with Crippen molar-refractivity contribution in [1.29, 1.82) is 0 Å². The SMILES string of the molecule is CN=C(NCCOc1ccc2cc(Br)ccc2c1)NCc1nc(C)c(C)o1. The minimum atomic E-state index is 0.482. The van der Waals surface area contributed by atoms with Gasteiger partial charge in [-0.15, -0.1) is 0 Å². The van der Waals surface area contributed by atoms with E-state index in [0.29, 0.717) is 31.5 Å². The average molecular weight is 431 g/mol. The number of guanidine groups is 1. The van der Waals surface area contributed by atoms with Crippen LogP contribution in [0.25, 0.3) is 10.8 Å². The number of aryl methyl sites for hydroxylation is 2. The molecule has 0 unspecified atom stereocenters. The van der Waals surface area contributed by atoms with Gasteiger partial charge >= 0.3 is 0 Å². The van der Waals surface area contributed by atoms with Crippen molar-refractivity contribution in [3.8, 4) is 5.75 Å². The molecule has 6 nitrogen and oxygen atoms in total. The molecule has 0 aliphatic heterocycles. The maximum absolute atomic E-state index is 5.83. The molecule has 0 atom stereocenters. The first-order valence-electron chi connectivity index (χ1n) is 8.74. The zero-order valence-electron chi connectivity index (χ0n) is 15.7. The molecule has 1 aromatic heterocycles. The quantitative estimate of drug-likeness (QED) is 0.351. The lowest BCUT2D eigenvalue weighted by atomic mass is 10.1. The van der Waals surface area contributed by atoms with Crippen molar-refractivity contribution < 1.29 is 9.15 Å². The van der Waals surface area contributed by atoms with Crippen LogP contribution in [0, 0.1) is 13.8 Å². The molecule has 2 aromatic carbocycles. The zero-order valence-corrected chi connectivity index (χ0v) is 17.3. The number of hydrogen-bond donors (Lipinski definition) is 2. The maximum atomic E-state index is 5.83. The van der Waals surface area contributed by atoms with E-state index in [1.807, 2.05) is 32.0 Å². The van der Waals surface area contributed by atoms with Crippen LogP contribution < -0.4 is 15.4 Å². The first-order valence-corrected chi connectivity index (χ1v) is 9.54. The molecule has 142 valence electrons. The van der Waals surface area contributed by atoms with Crippen LogP contribution in [0.4, 0.5) is 0 Å². The second-order valence-electron chi connectivity index (χ2n) is 6.10. The van der Waals surface area contributed by atoms with E-state index in [9.17, 15) is 0 Å². The van der Waals surface area contributed by atoms with Gasteiger partial charge in [0.25, 0.3) is 0 Å². The van der Waals surface area contributed by atoms with Crippen molar-refractivity contribution >= 4 is 32.7 Å². The number of nitrogens with one attached hydrogen (secondary N) is 2. The van der Waals surface area contributed by atoms with Gasteiger partial charge in [-0.3, -0.25) is 4.99 Å². The molecule has 0 aliphatic carbocycles. The number of nitrogens with zero attached hydrogens (tertiary/aromatic N) is 2. The third kappa shape index (κ3) is 5.23. The highest BCUT2D eigenvalue weighted by atomic mass is 79.9. The number of aliphatic imine (C=N–C) groups is 1. The molecule has 0 saturated heterocycles. The van der Waals surface area contributed by atoms with Gasteiger partial charge in [-0.2, -0.15) is 0 Å². The summed E-state index contributed by atoms with van der Waals surface area (Å²) in [6.45, 7) is 5.47. The fourth-order valence-electron chi connectivity index (χ4n) is 2.62. The molecule has 7 heteroatoms. The van der Waals surface area contributed by atoms with Crippen molar-refractivity contribution in [1.82, 2.24) is 15.6 Å². The number of aromatic nitrogens is 1. The number of hydrogen-bond acceptors (Lipinski definition) is 4.